The topological polar surface area (TPSA) is 78.9 Å². The molecule has 0 spiro atoms. The van der Waals surface area contributed by atoms with E-state index in [0.717, 1.165) is 96.3 Å². The zero-order chi connectivity index (χ0) is 41.5. The van der Waals surface area contributed by atoms with Gasteiger partial charge in [0.05, 0.1) is 0 Å². The Balaban J connectivity index is 4.56. The van der Waals surface area contributed by atoms with E-state index in [1.54, 1.807) is 0 Å². The standard InChI is InChI=1S/C51H82O6/c1-4-7-10-13-16-19-22-25-27-29-32-35-38-41-44-50(53)56-47-48(46-55-49(52)43-40-37-34-31-28-24-21-18-15-12-9-6-3)57-51(54)45-42-39-36-33-30-26-23-20-17-14-11-8-5-2/h7,9-10,12,16,18-19,21,25-28,30-31,36,39,48H,4-6,8,11,13-15,17,20,22-24,29,32-35,37-38,40-47H2,1-3H3/b10-7-,12-9-,19-16-,21-18-,27-25-,30-26-,31-28-,39-36-. The van der Waals surface area contributed by atoms with Crippen molar-refractivity contribution in [3.63, 3.8) is 0 Å². The Morgan fingerprint density at radius 2 is 0.719 bits per heavy atom. The summed E-state index contributed by atoms with van der Waals surface area (Å²) in [5.74, 6) is -1.07. The smallest absolute Gasteiger partial charge is 0.306 e. The Hall–Kier alpha value is -3.67. The average Bonchev–Trinajstić information content (AvgIpc) is 3.21. The van der Waals surface area contributed by atoms with Crippen LogP contribution in [0, 0.1) is 0 Å². The summed E-state index contributed by atoms with van der Waals surface area (Å²) in [5, 5.41) is 0. The predicted octanol–water partition coefficient (Wildman–Crippen LogP) is 14.6. The van der Waals surface area contributed by atoms with Crippen molar-refractivity contribution in [1.29, 1.82) is 0 Å². The molecule has 0 amide bonds. The number of esters is 3. The molecular weight excluding hydrogens is 709 g/mol. The number of rotatable bonds is 39. The van der Waals surface area contributed by atoms with Gasteiger partial charge in [-0.1, -0.05) is 163 Å². The van der Waals surface area contributed by atoms with Gasteiger partial charge >= 0.3 is 17.9 Å². The van der Waals surface area contributed by atoms with Crippen LogP contribution in [0.1, 0.15) is 188 Å². The van der Waals surface area contributed by atoms with Gasteiger partial charge in [0, 0.05) is 19.3 Å². The van der Waals surface area contributed by atoms with E-state index in [2.05, 4.69) is 112 Å². The fraction of sp³-hybridized carbons (Fsp3) is 0.627. The maximum atomic E-state index is 12.7. The van der Waals surface area contributed by atoms with Gasteiger partial charge in [-0.2, -0.15) is 0 Å². The molecule has 0 bridgehead atoms. The summed E-state index contributed by atoms with van der Waals surface area (Å²) < 4.78 is 16.6. The zero-order valence-corrected chi connectivity index (χ0v) is 36.6. The molecule has 0 aliphatic carbocycles. The molecule has 0 fully saturated rings. The van der Waals surface area contributed by atoms with E-state index in [1.165, 1.54) is 38.5 Å². The molecule has 0 rings (SSSR count). The molecule has 0 N–H and O–H groups in total. The highest BCUT2D eigenvalue weighted by atomic mass is 16.6. The SMILES string of the molecule is CC/C=C\C/C=C\C/C=C\CCCCCCC(=O)OCC(COC(=O)CCCC/C=C\C/C=C\C/C=C\CC)OC(=O)CC/C=C\C/C=C\CCCCCCCC. The van der Waals surface area contributed by atoms with Gasteiger partial charge in [0.2, 0.25) is 0 Å². The van der Waals surface area contributed by atoms with Crippen molar-refractivity contribution in [2.75, 3.05) is 13.2 Å². The van der Waals surface area contributed by atoms with Crippen molar-refractivity contribution in [3.05, 3.63) is 97.2 Å². The van der Waals surface area contributed by atoms with Crippen molar-refractivity contribution < 1.29 is 28.6 Å². The zero-order valence-electron chi connectivity index (χ0n) is 36.6. The Kier molecular flexibility index (Phi) is 42.1. The van der Waals surface area contributed by atoms with Gasteiger partial charge in [0.15, 0.2) is 6.10 Å². The molecule has 0 aromatic heterocycles. The van der Waals surface area contributed by atoms with E-state index in [-0.39, 0.29) is 31.6 Å². The lowest BCUT2D eigenvalue weighted by Gasteiger charge is -2.18. The third kappa shape index (κ3) is 43.3. The summed E-state index contributed by atoms with van der Waals surface area (Å²) in [6.07, 6.45) is 58.4. The molecule has 1 unspecified atom stereocenters. The van der Waals surface area contributed by atoms with Gasteiger partial charge in [-0.05, 0) is 103 Å². The van der Waals surface area contributed by atoms with Gasteiger partial charge in [-0.25, -0.2) is 0 Å². The minimum atomic E-state index is -0.831. The van der Waals surface area contributed by atoms with E-state index < -0.39 is 12.1 Å². The summed E-state index contributed by atoms with van der Waals surface area (Å²) in [4.78, 5) is 37.7. The van der Waals surface area contributed by atoms with Crippen LogP contribution in [0.15, 0.2) is 97.2 Å². The van der Waals surface area contributed by atoms with Crippen molar-refractivity contribution in [2.24, 2.45) is 0 Å². The van der Waals surface area contributed by atoms with Crippen molar-refractivity contribution in [2.45, 2.75) is 194 Å². The maximum absolute atomic E-state index is 12.7. The first-order valence-electron chi connectivity index (χ1n) is 22.7. The molecule has 0 aromatic carbocycles. The van der Waals surface area contributed by atoms with E-state index >= 15 is 0 Å². The molecule has 6 heteroatoms. The largest absolute Gasteiger partial charge is 0.462 e. The minimum Gasteiger partial charge on any atom is -0.462 e. The Bertz CT molecular complexity index is 1180. The van der Waals surface area contributed by atoms with Crippen LogP contribution in [0.25, 0.3) is 0 Å². The van der Waals surface area contributed by atoms with Crippen LogP contribution < -0.4 is 0 Å². The summed E-state index contributed by atoms with van der Waals surface area (Å²) in [5.41, 5.74) is 0. The first-order valence-corrected chi connectivity index (χ1v) is 22.7. The van der Waals surface area contributed by atoms with Gasteiger partial charge < -0.3 is 14.2 Å². The molecule has 0 saturated heterocycles. The highest BCUT2D eigenvalue weighted by Gasteiger charge is 2.19. The monoisotopic (exact) mass is 791 g/mol. The summed E-state index contributed by atoms with van der Waals surface area (Å²) in [6.45, 7) is 6.26. The Morgan fingerprint density at radius 1 is 0.368 bits per heavy atom. The lowest BCUT2D eigenvalue weighted by Crippen LogP contribution is -2.30. The molecular formula is C51H82O6. The van der Waals surface area contributed by atoms with E-state index in [1.807, 2.05) is 6.08 Å². The molecule has 0 aliphatic rings. The molecule has 0 radical (unpaired) electrons. The Morgan fingerprint density at radius 3 is 1.18 bits per heavy atom. The molecule has 0 aromatic rings. The lowest BCUT2D eigenvalue weighted by molar-refractivity contribution is -0.166. The maximum Gasteiger partial charge on any atom is 0.306 e. The Labute approximate surface area is 349 Å². The van der Waals surface area contributed by atoms with Gasteiger partial charge in [0.25, 0.3) is 0 Å². The number of allylic oxidation sites excluding steroid dienone is 16. The normalized spacial score (nSPS) is 13.0. The summed E-state index contributed by atoms with van der Waals surface area (Å²) in [7, 11) is 0. The van der Waals surface area contributed by atoms with Crippen molar-refractivity contribution in [3.8, 4) is 0 Å². The van der Waals surface area contributed by atoms with Gasteiger partial charge in [-0.3, -0.25) is 14.4 Å². The summed E-state index contributed by atoms with van der Waals surface area (Å²) in [6, 6.07) is 0. The van der Waals surface area contributed by atoms with Crippen molar-refractivity contribution in [1.82, 2.24) is 0 Å². The number of carbonyl (C=O) groups excluding carboxylic acids is 3. The van der Waals surface area contributed by atoms with Crippen molar-refractivity contribution >= 4 is 17.9 Å². The minimum absolute atomic E-state index is 0.126. The highest BCUT2D eigenvalue weighted by molar-refractivity contribution is 5.71. The number of hydrogen-bond donors (Lipinski definition) is 0. The summed E-state index contributed by atoms with van der Waals surface area (Å²) >= 11 is 0. The fourth-order valence-electron chi connectivity index (χ4n) is 5.70. The average molecular weight is 791 g/mol. The number of ether oxygens (including phenoxy) is 3. The van der Waals surface area contributed by atoms with E-state index in [4.69, 9.17) is 14.2 Å². The van der Waals surface area contributed by atoms with Crippen LogP contribution in [0.2, 0.25) is 0 Å². The van der Waals surface area contributed by atoms with Crippen LogP contribution in [-0.2, 0) is 28.6 Å². The second-order valence-electron chi connectivity index (χ2n) is 14.5. The van der Waals surface area contributed by atoms with Gasteiger partial charge in [-0.15, -0.1) is 0 Å². The van der Waals surface area contributed by atoms with Crippen LogP contribution in [-0.4, -0.2) is 37.2 Å². The number of unbranched alkanes of at least 4 members (excludes halogenated alkanes) is 12. The first-order chi connectivity index (χ1) is 28.0. The second kappa shape index (κ2) is 45.0. The second-order valence-corrected chi connectivity index (χ2v) is 14.5. The third-order valence-electron chi connectivity index (χ3n) is 9.07. The predicted molar refractivity (Wildman–Crippen MR) is 242 cm³/mol. The molecule has 1 atom stereocenters. The molecule has 0 saturated carbocycles. The number of carbonyl (C=O) groups is 3. The van der Waals surface area contributed by atoms with E-state index in [0.29, 0.717) is 25.7 Å². The first kappa shape index (κ1) is 53.3. The van der Waals surface area contributed by atoms with Crippen LogP contribution >= 0.6 is 0 Å². The van der Waals surface area contributed by atoms with Crippen LogP contribution in [0.3, 0.4) is 0 Å². The highest BCUT2D eigenvalue weighted by Crippen LogP contribution is 2.11. The third-order valence-corrected chi connectivity index (χ3v) is 9.07. The van der Waals surface area contributed by atoms with Crippen LogP contribution in [0.4, 0.5) is 0 Å². The van der Waals surface area contributed by atoms with Crippen LogP contribution in [0.5, 0.6) is 0 Å². The molecule has 0 aliphatic heterocycles. The molecule has 0 heterocycles. The fourth-order valence-corrected chi connectivity index (χ4v) is 5.70. The molecule has 322 valence electrons. The molecule has 6 nitrogen and oxygen atoms in total. The van der Waals surface area contributed by atoms with E-state index in [9.17, 15) is 14.4 Å². The van der Waals surface area contributed by atoms with Gasteiger partial charge in [0.1, 0.15) is 13.2 Å². The molecule has 57 heavy (non-hydrogen) atoms. The quantitative estimate of drug-likeness (QED) is 0.0267. The lowest BCUT2D eigenvalue weighted by atomic mass is 10.1. The number of hydrogen-bond acceptors (Lipinski definition) is 6.